The number of nitrogens with one attached hydrogen (secondary N) is 1. The van der Waals surface area contributed by atoms with Gasteiger partial charge in [-0.15, -0.1) is 0 Å². The first-order chi connectivity index (χ1) is 16.3. The average molecular weight is 505 g/mol. The molecule has 2 aromatic rings. The Morgan fingerprint density at radius 1 is 1.12 bits per heavy atom. The summed E-state index contributed by atoms with van der Waals surface area (Å²) >= 11 is 6.74. The van der Waals surface area contributed by atoms with Crippen molar-refractivity contribution in [2.75, 3.05) is 32.7 Å². The van der Waals surface area contributed by atoms with Crippen molar-refractivity contribution in [3.05, 3.63) is 57.5 Å². The Hall–Kier alpha value is -3.50. The van der Waals surface area contributed by atoms with Gasteiger partial charge in [0, 0.05) is 11.3 Å². The van der Waals surface area contributed by atoms with Crippen LogP contribution in [0, 0.1) is 0 Å². The smallest absolute Gasteiger partial charge is 0.339 e. The number of rotatable bonds is 8. The minimum atomic E-state index is -0.632. The first-order valence-electron chi connectivity index (χ1n) is 10.0. The molecule has 0 unspecified atom stereocenters. The number of esters is 1. The lowest BCUT2D eigenvalue weighted by Crippen LogP contribution is -2.36. The van der Waals surface area contributed by atoms with Gasteiger partial charge in [-0.1, -0.05) is 11.6 Å². The zero-order valence-electron chi connectivity index (χ0n) is 18.5. The average Bonchev–Trinajstić information content (AvgIpc) is 3.07. The number of anilines is 1. The van der Waals surface area contributed by atoms with Crippen LogP contribution in [-0.2, 0) is 14.3 Å². The summed E-state index contributed by atoms with van der Waals surface area (Å²) in [5.74, 6) is -0.827. The fourth-order valence-corrected chi connectivity index (χ4v) is 4.07. The van der Waals surface area contributed by atoms with Gasteiger partial charge < -0.3 is 19.5 Å². The minimum absolute atomic E-state index is 0.0858. The van der Waals surface area contributed by atoms with Crippen LogP contribution in [0.4, 0.5) is 10.5 Å². The molecule has 34 heavy (non-hydrogen) atoms. The number of nitrogens with zero attached hydrogens (tertiary/aromatic N) is 1. The molecule has 0 aromatic heterocycles. The van der Waals surface area contributed by atoms with E-state index in [1.54, 1.807) is 25.1 Å². The highest BCUT2D eigenvalue weighted by Gasteiger charge is 2.36. The van der Waals surface area contributed by atoms with Crippen LogP contribution >= 0.6 is 23.4 Å². The predicted molar refractivity (Wildman–Crippen MR) is 128 cm³/mol. The molecule has 3 rings (SSSR count). The molecule has 1 aliphatic rings. The molecule has 11 heteroatoms. The fraction of sp³-hybridized carbons (Fsp3) is 0.217. The summed E-state index contributed by atoms with van der Waals surface area (Å²) in [6.45, 7) is 1.32. The van der Waals surface area contributed by atoms with Gasteiger partial charge in [-0.3, -0.25) is 19.3 Å². The Kier molecular flexibility index (Phi) is 8.19. The number of carbonyl (C=O) groups excluding carboxylic acids is 4. The predicted octanol–water partition coefficient (Wildman–Crippen LogP) is 4.21. The molecule has 0 saturated carbocycles. The summed E-state index contributed by atoms with van der Waals surface area (Å²) in [7, 11) is 2.99. The van der Waals surface area contributed by atoms with Crippen molar-refractivity contribution < 1.29 is 33.4 Å². The highest BCUT2D eigenvalue weighted by atomic mass is 35.5. The molecule has 1 heterocycles. The summed E-state index contributed by atoms with van der Waals surface area (Å²) in [6, 6.07) is 9.34. The van der Waals surface area contributed by atoms with Crippen molar-refractivity contribution in [3.8, 4) is 11.5 Å². The number of ether oxygens (including phenoxy) is 3. The Labute approximate surface area is 205 Å². The van der Waals surface area contributed by atoms with Gasteiger partial charge >= 0.3 is 5.97 Å². The SMILES string of the molecule is CCOC(=O)c1cc(NC(=O)CN2C(=O)S/C(=C/c3cc(OC)ccc3OC)C2=O)ccc1Cl. The third-order valence-electron chi connectivity index (χ3n) is 4.64. The molecular formula is C23H21ClN2O7S. The molecule has 9 nitrogen and oxygen atoms in total. The highest BCUT2D eigenvalue weighted by Crippen LogP contribution is 2.35. The standard InChI is InChI=1S/C23H21ClN2O7S/c1-4-33-22(29)16-11-14(5-7-17(16)24)25-20(27)12-26-21(28)19(34-23(26)30)10-13-9-15(31-2)6-8-18(13)32-3/h5-11H,4,12H2,1-3H3,(H,25,27)/b19-10+. The first kappa shape index (κ1) is 25.1. The number of carbonyl (C=O) groups is 4. The highest BCUT2D eigenvalue weighted by molar-refractivity contribution is 8.18. The van der Waals surface area contributed by atoms with Crippen LogP contribution in [-0.4, -0.2) is 55.3 Å². The van der Waals surface area contributed by atoms with Gasteiger partial charge in [0.05, 0.1) is 36.3 Å². The number of amides is 3. The Bertz CT molecular complexity index is 1180. The lowest BCUT2D eigenvalue weighted by atomic mass is 10.1. The lowest BCUT2D eigenvalue weighted by Gasteiger charge is -2.13. The molecule has 0 atom stereocenters. The van der Waals surface area contributed by atoms with Crippen LogP contribution < -0.4 is 14.8 Å². The van der Waals surface area contributed by atoms with E-state index in [9.17, 15) is 19.2 Å². The maximum absolute atomic E-state index is 12.8. The van der Waals surface area contributed by atoms with Crippen LogP contribution in [0.3, 0.4) is 0 Å². The summed E-state index contributed by atoms with van der Waals surface area (Å²) in [4.78, 5) is 50.7. The largest absolute Gasteiger partial charge is 0.497 e. The molecule has 1 fully saturated rings. The molecule has 178 valence electrons. The van der Waals surface area contributed by atoms with E-state index in [0.717, 1.165) is 4.90 Å². The van der Waals surface area contributed by atoms with Gasteiger partial charge in [-0.25, -0.2) is 4.79 Å². The van der Waals surface area contributed by atoms with E-state index < -0.39 is 29.6 Å². The van der Waals surface area contributed by atoms with E-state index in [1.807, 2.05) is 0 Å². The van der Waals surface area contributed by atoms with E-state index in [1.165, 1.54) is 38.5 Å². The molecule has 0 aliphatic carbocycles. The van der Waals surface area contributed by atoms with Gasteiger partial charge in [-0.2, -0.15) is 0 Å². The van der Waals surface area contributed by atoms with Crippen molar-refractivity contribution in [1.82, 2.24) is 4.90 Å². The van der Waals surface area contributed by atoms with Gasteiger partial charge in [0.15, 0.2) is 0 Å². The van der Waals surface area contributed by atoms with E-state index in [4.69, 9.17) is 25.8 Å². The molecule has 0 bridgehead atoms. The normalized spacial score (nSPS) is 14.4. The van der Waals surface area contributed by atoms with Crippen LogP contribution in [0.25, 0.3) is 6.08 Å². The van der Waals surface area contributed by atoms with Gasteiger partial charge in [0.1, 0.15) is 18.0 Å². The topological polar surface area (TPSA) is 111 Å². The van der Waals surface area contributed by atoms with Gasteiger partial charge in [-0.05, 0) is 61.2 Å². The summed E-state index contributed by atoms with van der Waals surface area (Å²) in [6.07, 6.45) is 1.51. The second kappa shape index (κ2) is 11.1. The molecule has 2 aromatic carbocycles. The first-order valence-corrected chi connectivity index (χ1v) is 11.2. The maximum atomic E-state index is 12.8. The van der Waals surface area contributed by atoms with Crippen molar-refractivity contribution in [2.45, 2.75) is 6.92 Å². The van der Waals surface area contributed by atoms with Gasteiger partial charge in [0.25, 0.3) is 11.1 Å². The zero-order valence-corrected chi connectivity index (χ0v) is 20.1. The number of halogens is 1. The third-order valence-corrected chi connectivity index (χ3v) is 5.88. The van der Waals surface area contributed by atoms with E-state index in [0.29, 0.717) is 28.8 Å². The second-order valence-electron chi connectivity index (χ2n) is 6.84. The summed E-state index contributed by atoms with van der Waals surface area (Å²) in [5, 5.41) is 2.14. The van der Waals surface area contributed by atoms with Crippen LogP contribution in [0.15, 0.2) is 41.3 Å². The summed E-state index contributed by atoms with van der Waals surface area (Å²) < 4.78 is 15.4. The van der Waals surface area contributed by atoms with Gasteiger partial charge in [0.2, 0.25) is 5.91 Å². The minimum Gasteiger partial charge on any atom is -0.497 e. The van der Waals surface area contributed by atoms with E-state index >= 15 is 0 Å². The van der Waals surface area contributed by atoms with Crippen molar-refractivity contribution in [2.24, 2.45) is 0 Å². The molecule has 3 amide bonds. The van der Waals surface area contributed by atoms with Crippen LogP contribution in [0.2, 0.25) is 5.02 Å². The number of thioether (sulfide) groups is 1. The lowest BCUT2D eigenvalue weighted by molar-refractivity contribution is -0.127. The number of imide groups is 1. The van der Waals surface area contributed by atoms with Crippen LogP contribution in [0.1, 0.15) is 22.8 Å². The molecule has 0 radical (unpaired) electrons. The maximum Gasteiger partial charge on any atom is 0.339 e. The Morgan fingerprint density at radius 2 is 1.88 bits per heavy atom. The molecular weight excluding hydrogens is 484 g/mol. The Morgan fingerprint density at radius 3 is 2.56 bits per heavy atom. The zero-order chi connectivity index (χ0) is 24.8. The second-order valence-corrected chi connectivity index (χ2v) is 8.24. The molecule has 0 spiro atoms. The van der Waals surface area contributed by atoms with E-state index in [2.05, 4.69) is 5.32 Å². The molecule has 1 N–H and O–H groups in total. The fourth-order valence-electron chi connectivity index (χ4n) is 3.04. The number of hydrogen-bond donors (Lipinski definition) is 1. The number of hydrogen-bond acceptors (Lipinski definition) is 8. The van der Waals surface area contributed by atoms with Crippen molar-refractivity contribution in [1.29, 1.82) is 0 Å². The third kappa shape index (κ3) is 5.70. The number of benzene rings is 2. The monoisotopic (exact) mass is 504 g/mol. The number of methoxy groups -OCH3 is 2. The molecule has 1 saturated heterocycles. The molecule has 1 aliphatic heterocycles. The van der Waals surface area contributed by atoms with Crippen molar-refractivity contribution in [3.63, 3.8) is 0 Å². The van der Waals surface area contributed by atoms with Crippen LogP contribution in [0.5, 0.6) is 11.5 Å². The Balaban J connectivity index is 1.74. The van der Waals surface area contributed by atoms with E-state index in [-0.39, 0.29) is 27.8 Å². The quantitative estimate of drug-likeness (QED) is 0.420. The van der Waals surface area contributed by atoms with Crippen molar-refractivity contribution >= 4 is 58.1 Å². The summed E-state index contributed by atoms with van der Waals surface area (Å²) in [5.41, 5.74) is 0.896.